The van der Waals surface area contributed by atoms with E-state index >= 15 is 0 Å². The first kappa shape index (κ1) is 11.4. The predicted molar refractivity (Wildman–Crippen MR) is 65.5 cm³/mol. The fraction of sp³-hybridized carbons (Fsp3) is 0.417. The van der Waals surface area contributed by atoms with Crippen molar-refractivity contribution in [3.63, 3.8) is 0 Å². The highest BCUT2D eigenvalue weighted by molar-refractivity contribution is 6.33. The maximum Gasteiger partial charge on any atom is 0.226 e. The van der Waals surface area contributed by atoms with Crippen molar-refractivity contribution < 1.29 is 4.79 Å². The highest BCUT2D eigenvalue weighted by Gasteiger charge is 2.34. The van der Waals surface area contributed by atoms with Gasteiger partial charge in [-0.3, -0.25) is 4.79 Å². The van der Waals surface area contributed by atoms with Crippen LogP contribution in [-0.2, 0) is 4.79 Å². The molecule has 0 radical (unpaired) electrons. The molecule has 1 aromatic carbocycles. The van der Waals surface area contributed by atoms with E-state index in [9.17, 15) is 4.79 Å². The van der Waals surface area contributed by atoms with Crippen LogP contribution in [0.5, 0.6) is 0 Å². The molecule has 2 rings (SSSR count). The topological polar surface area (TPSA) is 55.1 Å². The number of nitrogens with one attached hydrogen (secondary N) is 1. The fourth-order valence-corrected chi connectivity index (χ4v) is 2.07. The van der Waals surface area contributed by atoms with Crippen LogP contribution in [-0.4, -0.2) is 11.4 Å². The number of nitrogens with two attached hydrogens (primary N) is 1. The van der Waals surface area contributed by atoms with Crippen LogP contribution in [0.3, 0.4) is 0 Å². The quantitative estimate of drug-likeness (QED) is 0.850. The summed E-state index contributed by atoms with van der Waals surface area (Å²) >= 11 is 5.94. The number of para-hydroxylation sites is 1. The van der Waals surface area contributed by atoms with E-state index in [0.29, 0.717) is 17.1 Å². The van der Waals surface area contributed by atoms with E-state index in [2.05, 4.69) is 5.32 Å². The third-order valence-electron chi connectivity index (χ3n) is 3.01. The molecular weight excluding hydrogens is 224 g/mol. The number of amides is 1. The van der Waals surface area contributed by atoms with Gasteiger partial charge in [0.05, 0.1) is 10.7 Å². The first-order chi connectivity index (χ1) is 7.59. The summed E-state index contributed by atoms with van der Waals surface area (Å²) in [5.74, 6) is -0.0599. The van der Waals surface area contributed by atoms with Crippen LogP contribution in [0.15, 0.2) is 24.3 Å². The molecule has 1 aliphatic rings. The van der Waals surface area contributed by atoms with Crippen LogP contribution in [0.25, 0.3) is 0 Å². The second-order valence-electron chi connectivity index (χ2n) is 4.42. The van der Waals surface area contributed by atoms with E-state index in [1.165, 1.54) is 0 Å². The Hall–Kier alpha value is -1.06. The molecule has 4 heteroatoms. The number of benzene rings is 1. The Kier molecular flexibility index (Phi) is 3.17. The van der Waals surface area contributed by atoms with Crippen molar-refractivity contribution in [2.75, 3.05) is 5.32 Å². The average Bonchev–Trinajstić information content (AvgIpc) is 2.19. The molecule has 16 heavy (non-hydrogen) atoms. The smallest absolute Gasteiger partial charge is 0.226 e. The minimum Gasteiger partial charge on any atom is -0.325 e. The second-order valence-corrected chi connectivity index (χ2v) is 4.83. The van der Waals surface area contributed by atoms with Crippen molar-refractivity contribution in [3.8, 4) is 0 Å². The Bertz CT molecular complexity index is 402. The highest BCUT2D eigenvalue weighted by Crippen LogP contribution is 2.32. The third kappa shape index (κ3) is 2.54. The number of carbonyl (C=O) groups excluding carboxylic acids is 1. The molecule has 1 saturated carbocycles. The van der Waals surface area contributed by atoms with Crippen LogP contribution < -0.4 is 11.1 Å². The molecular formula is C12H15ClN2O. The zero-order valence-electron chi connectivity index (χ0n) is 9.00. The molecule has 0 saturated heterocycles. The lowest BCUT2D eigenvalue weighted by atomic mass is 9.75. The van der Waals surface area contributed by atoms with Gasteiger partial charge in [0.2, 0.25) is 5.91 Å². The molecule has 0 aromatic heterocycles. The predicted octanol–water partition coefficient (Wildman–Crippen LogP) is 2.55. The molecule has 1 aliphatic carbocycles. The Morgan fingerprint density at radius 3 is 2.69 bits per heavy atom. The van der Waals surface area contributed by atoms with Gasteiger partial charge in [-0.25, -0.2) is 0 Å². The largest absolute Gasteiger partial charge is 0.325 e. The van der Waals surface area contributed by atoms with E-state index in [-0.39, 0.29) is 11.4 Å². The van der Waals surface area contributed by atoms with Gasteiger partial charge in [-0.2, -0.15) is 0 Å². The van der Waals surface area contributed by atoms with E-state index in [1.807, 2.05) is 12.1 Å². The standard InChI is InChI=1S/C12H15ClN2O/c13-9-4-1-2-5-10(9)15-11(16)8-12(14)6-3-7-12/h1-2,4-5H,3,6-8,14H2,(H,15,16). The zero-order chi connectivity index (χ0) is 11.6. The summed E-state index contributed by atoms with van der Waals surface area (Å²) in [6, 6.07) is 7.19. The molecule has 0 spiro atoms. The van der Waals surface area contributed by atoms with E-state index in [0.717, 1.165) is 19.3 Å². The number of rotatable bonds is 3. The Morgan fingerprint density at radius 2 is 2.12 bits per heavy atom. The van der Waals surface area contributed by atoms with Gasteiger partial charge in [0.15, 0.2) is 0 Å². The first-order valence-corrected chi connectivity index (χ1v) is 5.80. The van der Waals surface area contributed by atoms with Gasteiger partial charge in [0.25, 0.3) is 0 Å². The van der Waals surface area contributed by atoms with Crippen LogP contribution in [0, 0.1) is 0 Å². The lowest BCUT2D eigenvalue weighted by Crippen LogP contribution is -2.48. The van der Waals surface area contributed by atoms with Gasteiger partial charge in [-0.05, 0) is 31.4 Å². The summed E-state index contributed by atoms with van der Waals surface area (Å²) in [5, 5.41) is 3.34. The Morgan fingerprint density at radius 1 is 1.44 bits per heavy atom. The van der Waals surface area contributed by atoms with Crippen molar-refractivity contribution in [1.82, 2.24) is 0 Å². The molecule has 3 nitrogen and oxygen atoms in total. The van der Waals surface area contributed by atoms with E-state index in [4.69, 9.17) is 17.3 Å². The van der Waals surface area contributed by atoms with Crippen molar-refractivity contribution in [3.05, 3.63) is 29.3 Å². The molecule has 86 valence electrons. The molecule has 0 atom stereocenters. The Labute approximate surface area is 100.0 Å². The van der Waals surface area contributed by atoms with Crippen molar-refractivity contribution >= 4 is 23.2 Å². The van der Waals surface area contributed by atoms with Gasteiger partial charge in [0.1, 0.15) is 0 Å². The molecule has 0 bridgehead atoms. The van der Waals surface area contributed by atoms with Gasteiger partial charge in [0, 0.05) is 12.0 Å². The Balaban J connectivity index is 1.95. The minimum atomic E-state index is -0.286. The van der Waals surface area contributed by atoms with Crippen LogP contribution in [0.4, 0.5) is 5.69 Å². The SMILES string of the molecule is NC1(CC(=O)Nc2ccccc2Cl)CCC1. The molecule has 0 unspecified atom stereocenters. The molecule has 1 amide bonds. The molecule has 0 heterocycles. The molecule has 3 N–H and O–H groups in total. The lowest BCUT2D eigenvalue weighted by molar-refractivity contribution is -0.118. The number of carbonyl (C=O) groups is 1. The number of hydrogen-bond donors (Lipinski definition) is 2. The maximum absolute atomic E-state index is 11.7. The minimum absolute atomic E-state index is 0.0599. The highest BCUT2D eigenvalue weighted by atomic mass is 35.5. The van der Waals surface area contributed by atoms with E-state index < -0.39 is 0 Å². The van der Waals surface area contributed by atoms with Gasteiger partial charge in [-0.1, -0.05) is 23.7 Å². The summed E-state index contributed by atoms with van der Waals surface area (Å²) in [7, 11) is 0. The van der Waals surface area contributed by atoms with Crippen LogP contribution in [0.2, 0.25) is 5.02 Å². The number of halogens is 1. The summed E-state index contributed by atoms with van der Waals surface area (Å²) in [6.07, 6.45) is 3.36. The molecule has 0 aliphatic heterocycles. The summed E-state index contributed by atoms with van der Waals surface area (Å²) in [6.45, 7) is 0. The monoisotopic (exact) mass is 238 g/mol. The fourth-order valence-electron chi connectivity index (χ4n) is 1.88. The third-order valence-corrected chi connectivity index (χ3v) is 3.34. The summed E-state index contributed by atoms with van der Waals surface area (Å²) < 4.78 is 0. The van der Waals surface area contributed by atoms with Gasteiger partial charge >= 0.3 is 0 Å². The van der Waals surface area contributed by atoms with Crippen LogP contribution >= 0.6 is 11.6 Å². The number of anilines is 1. The number of hydrogen-bond acceptors (Lipinski definition) is 2. The van der Waals surface area contributed by atoms with Crippen molar-refractivity contribution in [2.45, 2.75) is 31.2 Å². The first-order valence-electron chi connectivity index (χ1n) is 5.42. The van der Waals surface area contributed by atoms with Crippen molar-refractivity contribution in [1.29, 1.82) is 0 Å². The lowest BCUT2D eigenvalue weighted by Gasteiger charge is -2.37. The normalized spacial score (nSPS) is 17.6. The van der Waals surface area contributed by atoms with Gasteiger partial charge in [-0.15, -0.1) is 0 Å². The second kappa shape index (κ2) is 4.44. The van der Waals surface area contributed by atoms with Crippen LogP contribution in [0.1, 0.15) is 25.7 Å². The van der Waals surface area contributed by atoms with E-state index in [1.54, 1.807) is 12.1 Å². The zero-order valence-corrected chi connectivity index (χ0v) is 9.76. The van der Waals surface area contributed by atoms with Gasteiger partial charge < -0.3 is 11.1 Å². The molecule has 1 fully saturated rings. The summed E-state index contributed by atoms with van der Waals surface area (Å²) in [4.78, 5) is 11.7. The summed E-state index contributed by atoms with van der Waals surface area (Å²) in [5.41, 5.74) is 6.37. The average molecular weight is 239 g/mol. The molecule has 1 aromatic rings. The van der Waals surface area contributed by atoms with Crippen molar-refractivity contribution in [2.24, 2.45) is 5.73 Å². The maximum atomic E-state index is 11.7.